The van der Waals surface area contributed by atoms with Gasteiger partial charge >= 0.3 is 5.97 Å². The Morgan fingerprint density at radius 3 is 2.44 bits per heavy atom. The Hall–Kier alpha value is -1.59. The van der Waals surface area contributed by atoms with E-state index in [4.69, 9.17) is 5.11 Å². The number of aliphatic carboxylic acids is 1. The second-order valence-corrected chi connectivity index (χ2v) is 4.84. The standard InChI is InChI=1S/C10H16N2O4/c1-10(2,3)9(16)12-5-7(13)11-4-6(12)8(14)15/h6H,4-5H2,1-3H3,(H,11,13)(H,14,15). The molecule has 6 heteroatoms. The number of rotatable bonds is 1. The van der Waals surface area contributed by atoms with E-state index in [1.807, 2.05) is 0 Å². The fraction of sp³-hybridized carbons (Fsp3) is 0.700. The number of piperazine rings is 1. The van der Waals surface area contributed by atoms with Gasteiger partial charge in [0.2, 0.25) is 11.8 Å². The van der Waals surface area contributed by atoms with Crippen LogP contribution in [-0.4, -0.2) is 46.9 Å². The van der Waals surface area contributed by atoms with Crippen molar-refractivity contribution in [3.05, 3.63) is 0 Å². The fourth-order valence-corrected chi connectivity index (χ4v) is 1.51. The van der Waals surface area contributed by atoms with Crippen molar-refractivity contribution in [1.29, 1.82) is 0 Å². The summed E-state index contributed by atoms with van der Waals surface area (Å²) in [7, 11) is 0. The van der Waals surface area contributed by atoms with Crippen LogP contribution in [-0.2, 0) is 14.4 Å². The summed E-state index contributed by atoms with van der Waals surface area (Å²) in [6, 6.07) is -0.968. The molecule has 90 valence electrons. The van der Waals surface area contributed by atoms with Gasteiger partial charge in [-0.1, -0.05) is 20.8 Å². The van der Waals surface area contributed by atoms with Crippen LogP contribution in [0.1, 0.15) is 20.8 Å². The number of hydrogen-bond acceptors (Lipinski definition) is 3. The van der Waals surface area contributed by atoms with E-state index in [0.29, 0.717) is 0 Å². The molecule has 0 spiro atoms. The molecule has 1 aliphatic rings. The molecule has 0 saturated carbocycles. The molecule has 16 heavy (non-hydrogen) atoms. The number of hydrogen-bond donors (Lipinski definition) is 2. The van der Waals surface area contributed by atoms with Gasteiger partial charge in [0.25, 0.3) is 0 Å². The normalized spacial score (nSPS) is 21.6. The highest BCUT2D eigenvalue weighted by atomic mass is 16.4. The number of carbonyl (C=O) groups excluding carboxylic acids is 2. The van der Waals surface area contributed by atoms with E-state index in [2.05, 4.69) is 5.32 Å². The summed E-state index contributed by atoms with van der Waals surface area (Å²) in [6.45, 7) is 4.87. The highest BCUT2D eigenvalue weighted by molar-refractivity contribution is 5.93. The van der Waals surface area contributed by atoms with Gasteiger partial charge in [-0.05, 0) is 0 Å². The first-order valence-electron chi connectivity index (χ1n) is 5.04. The van der Waals surface area contributed by atoms with Crippen molar-refractivity contribution in [2.75, 3.05) is 13.1 Å². The Morgan fingerprint density at radius 2 is 2.00 bits per heavy atom. The molecule has 1 fully saturated rings. The maximum absolute atomic E-state index is 12.0. The van der Waals surface area contributed by atoms with E-state index in [1.165, 1.54) is 0 Å². The predicted molar refractivity (Wildman–Crippen MR) is 55.6 cm³/mol. The molecule has 1 atom stereocenters. The Morgan fingerprint density at radius 1 is 1.44 bits per heavy atom. The highest BCUT2D eigenvalue weighted by Gasteiger charge is 2.39. The molecule has 0 aromatic carbocycles. The van der Waals surface area contributed by atoms with Crippen molar-refractivity contribution >= 4 is 17.8 Å². The third-order valence-electron chi connectivity index (χ3n) is 2.37. The van der Waals surface area contributed by atoms with Gasteiger partial charge in [-0.3, -0.25) is 9.59 Å². The summed E-state index contributed by atoms with van der Waals surface area (Å²) in [6.07, 6.45) is 0. The number of carboxylic acids is 1. The lowest BCUT2D eigenvalue weighted by atomic mass is 9.93. The van der Waals surface area contributed by atoms with Gasteiger partial charge in [-0.2, -0.15) is 0 Å². The minimum absolute atomic E-state index is 0.0318. The van der Waals surface area contributed by atoms with E-state index >= 15 is 0 Å². The number of carbonyl (C=O) groups is 3. The zero-order valence-corrected chi connectivity index (χ0v) is 9.61. The number of nitrogens with one attached hydrogen (secondary N) is 1. The Kier molecular flexibility index (Phi) is 3.21. The number of carboxylic acid groups (broad SMARTS) is 1. The van der Waals surface area contributed by atoms with Crippen molar-refractivity contribution in [3.63, 3.8) is 0 Å². The van der Waals surface area contributed by atoms with E-state index in [9.17, 15) is 14.4 Å². The minimum Gasteiger partial charge on any atom is -0.480 e. The molecule has 1 aliphatic heterocycles. The predicted octanol–water partition coefficient (Wildman–Crippen LogP) is -0.556. The van der Waals surface area contributed by atoms with Crippen LogP contribution in [0.2, 0.25) is 0 Å². The largest absolute Gasteiger partial charge is 0.480 e. The van der Waals surface area contributed by atoms with Crippen molar-refractivity contribution in [1.82, 2.24) is 10.2 Å². The summed E-state index contributed by atoms with van der Waals surface area (Å²) >= 11 is 0. The number of nitrogens with zero attached hydrogens (tertiary/aromatic N) is 1. The first-order chi connectivity index (χ1) is 7.23. The monoisotopic (exact) mass is 228 g/mol. The quantitative estimate of drug-likeness (QED) is 0.630. The first-order valence-corrected chi connectivity index (χ1v) is 5.04. The second-order valence-electron chi connectivity index (χ2n) is 4.84. The minimum atomic E-state index is -1.10. The van der Waals surface area contributed by atoms with Crippen LogP contribution in [0.15, 0.2) is 0 Å². The van der Waals surface area contributed by atoms with Gasteiger partial charge in [-0.15, -0.1) is 0 Å². The fourth-order valence-electron chi connectivity index (χ4n) is 1.51. The lowest BCUT2D eigenvalue weighted by Crippen LogP contribution is -2.61. The number of amides is 2. The summed E-state index contributed by atoms with van der Waals surface area (Å²) in [5, 5.41) is 11.4. The molecule has 0 radical (unpaired) electrons. The molecule has 0 aromatic rings. The Labute approximate surface area is 93.6 Å². The molecule has 0 aromatic heterocycles. The van der Waals surface area contributed by atoms with Crippen LogP contribution >= 0.6 is 0 Å². The van der Waals surface area contributed by atoms with Crippen molar-refractivity contribution in [3.8, 4) is 0 Å². The zero-order chi connectivity index (χ0) is 12.5. The van der Waals surface area contributed by atoms with E-state index < -0.39 is 17.4 Å². The molecule has 6 nitrogen and oxygen atoms in total. The Bertz CT molecular complexity index is 332. The molecule has 2 N–H and O–H groups in total. The molecule has 1 heterocycles. The maximum atomic E-state index is 12.0. The molecular formula is C10H16N2O4. The van der Waals surface area contributed by atoms with Gasteiger partial charge in [0.05, 0.1) is 0 Å². The van der Waals surface area contributed by atoms with Gasteiger partial charge < -0.3 is 15.3 Å². The van der Waals surface area contributed by atoms with Crippen molar-refractivity contribution in [2.24, 2.45) is 5.41 Å². The zero-order valence-electron chi connectivity index (χ0n) is 9.61. The van der Waals surface area contributed by atoms with Crippen LogP contribution < -0.4 is 5.32 Å². The summed E-state index contributed by atoms with van der Waals surface area (Å²) < 4.78 is 0. The van der Waals surface area contributed by atoms with E-state index in [1.54, 1.807) is 20.8 Å². The van der Waals surface area contributed by atoms with Crippen molar-refractivity contribution < 1.29 is 19.5 Å². The topological polar surface area (TPSA) is 86.7 Å². The molecule has 1 rings (SSSR count). The van der Waals surface area contributed by atoms with E-state index in [0.717, 1.165) is 4.90 Å². The van der Waals surface area contributed by atoms with Gasteiger partial charge in [0.15, 0.2) is 0 Å². The van der Waals surface area contributed by atoms with Gasteiger partial charge in [0, 0.05) is 12.0 Å². The van der Waals surface area contributed by atoms with Crippen LogP contribution in [0.4, 0.5) is 0 Å². The van der Waals surface area contributed by atoms with Crippen LogP contribution in [0.3, 0.4) is 0 Å². The molecule has 1 unspecified atom stereocenters. The lowest BCUT2D eigenvalue weighted by Gasteiger charge is -2.36. The molecular weight excluding hydrogens is 212 g/mol. The Balaban J connectivity index is 2.92. The maximum Gasteiger partial charge on any atom is 0.328 e. The summed E-state index contributed by atoms with van der Waals surface area (Å²) in [4.78, 5) is 35.2. The average Bonchev–Trinajstić information content (AvgIpc) is 2.14. The summed E-state index contributed by atoms with van der Waals surface area (Å²) in [5.41, 5.74) is -0.689. The van der Waals surface area contributed by atoms with Crippen LogP contribution in [0.25, 0.3) is 0 Å². The van der Waals surface area contributed by atoms with Gasteiger partial charge in [-0.25, -0.2) is 4.79 Å². The van der Waals surface area contributed by atoms with Crippen LogP contribution in [0.5, 0.6) is 0 Å². The smallest absolute Gasteiger partial charge is 0.328 e. The van der Waals surface area contributed by atoms with Crippen molar-refractivity contribution in [2.45, 2.75) is 26.8 Å². The average molecular weight is 228 g/mol. The van der Waals surface area contributed by atoms with Gasteiger partial charge in [0.1, 0.15) is 12.6 Å². The second kappa shape index (κ2) is 4.11. The van der Waals surface area contributed by atoms with Crippen LogP contribution in [0, 0.1) is 5.41 Å². The molecule has 0 bridgehead atoms. The SMILES string of the molecule is CC(C)(C)C(=O)N1CC(=O)NCC1C(=O)O. The molecule has 0 aliphatic carbocycles. The third kappa shape index (κ3) is 2.50. The van der Waals surface area contributed by atoms with E-state index in [-0.39, 0.29) is 24.9 Å². The summed E-state index contributed by atoms with van der Waals surface area (Å²) in [5.74, 6) is -1.75. The lowest BCUT2D eigenvalue weighted by molar-refractivity contribution is -0.157. The highest BCUT2D eigenvalue weighted by Crippen LogP contribution is 2.20. The first kappa shape index (κ1) is 12.5. The molecule has 1 saturated heterocycles. The third-order valence-corrected chi connectivity index (χ3v) is 2.37. The molecule has 2 amide bonds.